The van der Waals surface area contributed by atoms with E-state index in [9.17, 15) is 14.9 Å². The number of hydrogen-bond donors (Lipinski definition) is 1. The molecule has 0 radical (unpaired) electrons. The van der Waals surface area contributed by atoms with E-state index in [1.807, 2.05) is 6.07 Å². The average Bonchev–Trinajstić information content (AvgIpc) is 2.55. The monoisotopic (exact) mass is 328 g/mol. The van der Waals surface area contributed by atoms with E-state index in [4.69, 9.17) is 20.5 Å². The van der Waals surface area contributed by atoms with Gasteiger partial charge in [-0.05, 0) is 26.8 Å². The molecule has 1 heterocycles. The van der Waals surface area contributed by atoms with Crippen molar-refractivity contribution >= 4 is 23.3 Å². The highest BCUT2D eigenvalue weighted by Crippen LogP contribution is 2.24. The summed E-state index contributed by atoms with van der Waals surface area (Å²) in [5.74, 6) is -1.69. The van der Waals surface area contributed by atoms with Crippen molar-refractivity contribution in [3.05, 3.63) is 28.5 Å². The lowest BCUT2D eigenvalue weighted by molar-refractivity contribution is -0.138. The van der Waals surface area contributed by atoms with Gasteiger partial charge in [-0.2, -0.15) is 10.5 Å². The van der Waals surface area contributed by atoms with Crippen LogP contribution in [0.25, 0.3) is 5.57 Å². The predicted octanol–water partition coefficient (Wildman–Crippen LogP) is 1.57. The summed E-state index contributed by atoms with van der Waals surface area (Å²) in [7, 11) is 0. The number of esters is 2. The molecule has 0 spiro atoms. The van der Waals surface area contributed by atoms with Gasteiger partial charge in [0.15, 0.2) is 0 Å². The SMILES string of the molecule is CCOC(=O)/C(C)=C(\C#N)c1cc(C(=O)OCC)c(C#N)c(N)n1. The molecule has 1 rings (SSSR count). The minimum absolute atomic E-state index is 0.0115. The van der Waals surface area contributed by atoms with Gasteiger partial charge < -0.3 is 15.2 Å². The maximum Gasteiger partial charge on any atom is 0.339 e. The van der Waals surface area contributed by atoms with Crippen LogP contribution in [0.2, 0.25) is 0 Å². The highest BCUT2D eigenvalue weighted by atomic mass is 16.5. The van der Waals surface area contributed by atoms with Gasteiger partial charge in [-0.15, -0.1) is 0 Å². The third kappa shape index (κ3) is 3.87. The van der Waals surface area contributed by atoms with E-state index in [-0.39, 0.29) is 47.0 Å². The van der Waals surface area contributed by atoms with E-state index in [0.717, 1.165) is 0 Å². The zero-order valence-electron chi connectivity index (χ0n) is 13.5. The summed E-state index contributed by atoms with van der Waals surface area (Å²) in [4.78, 5) is 27.8. The molecule has 0 saturated carbocycles. The van der Waals surface area contributed by atoms with E-state index in [0.29, 0.717) is 0 Å². The van der Waals surface area contributed by atoms with Crippen molar-refractivity contribution in [2.75, 3.05) is 18.9 Å². The maximum atomic E-state index is 12.0. The number of allylic oxidation sites excluding steroid dienone is 1. The maximum absolute atomic E-state index is 12.0. The van der Waals surface area contributed by atoms with Crippen molar-refractivity contribution in [1.82, 2.24) is 4.98 Å². The van der Waals surface area contributed by atoms with E-state index in [1.54, 1.807) is 19.9 Å². The molecule has 0 atom stereocenters. The lowest BCUT2D eigenvalue weighted by Gasteiger charge is -2.10. The van der Waals surface area contributed by atoms with E-state index < -0.39 is 11.9 Å². The molecule has 0 saturated heterocycles. The van der Waals surface area contributed by atoms with E-state index >= 15 is 0 Å². The van der Waals surface area contributed by atoms with Crippen LogP contribution in [0.3, 0.4) is 0 Å². The van der Waals surface area contributed by atoms with Crippen molar-refractivity contribution in [1.29, 1.82) is 10.5 Å². The molecule has 0 aliphatic rings. The van der Waals surface area contributed by atoms with Gasteiger partial charge >= 0.3 is 11.9 Å². The molecular weight excluding hydrogens is 312 g/mol. The summed E-state index contributed by atoms with van der Waals surface area (Å²) in [5.41, 5.74) is 5.34. The first kappa shape index (κ1) is 18.7. The Labute approximate surface area is 139 Å². The Hall–Kier alpha value is -3.39. The molecule has 8 nitrogen and oxygen atoms in total. The fourth-order valence-electron chi connectivity index (χ4n) is 1.85. The number of aromatic nitrogens is 1. The molecule has 8 heteroatoms. The van der Waals surface area contributed by atoms with Gasteiger partial charge in [0.25, 0.3) is 0 Å². The highest BCUT2D eigenvalue weighted by molar-refractivity contribution is 6.01. The molecular formula is C16H16N4O4. The fraction of sp³-hybridized carbons (Fsp3) is 0.312. The number of anilines is 1. The number of nitrogens with two attached hydrogens (primary N) is 1. The molecule has 0 aromatic carbocycles. The Morgan fingerprint density at radius 3 is 2.38 bits per heavy atom. The number of hydrogen-bond acceptors (Lipinski definition) is 8. The summed E-state index contributed by atoms with van der Waals surface area (Å²) in [6.07, 6.45) is 0. The van der Waals surface area contributed by atoms with Crippen LogP contribution < -0.4 is 5.73 Å². The molecule has 2 N–H and O–H groups in total. The largest absolute Gasteiger partial charge is 0.463 e. The fourth-order valence-corrected chi connectivity index (χ4v) is 1.85. The lowest BCUT2D eigenvalue weighted by atomic mass is 10.0. The Morgan fingerprint density at radius 1 is 1.25 bits per heavy atom. The molecule has 0 aliphatic heterocycles. The van der Waals surface area contributed by atoms with Crippen molar-refractivity contribution in [2.45, 2.75) is 20.8 Å². The number of nitrogens with zero attached hydrogens (tertiary/aromatic N) is 3. The number of pyridine rings is 1. The molecule has 0 aliphatic carbocycles. The number of carbonyl (C=O) groups is 2. The predicted molar refractivity (Wildman–Crippen MR) is 84.2 cm³/mol. The summed E-state index contributed by atoms with van der Waals surface area (Å²) < 4.78 is 9.72. The number of carbonyl (C=O) groups excluding carboxylic acids is 2. The topological polar surface area (TPSA) is 139 Å². The third-order valence-corrected chi connectivity index (χ3v) is 2.98. The zero-order valence-corrected chi connectivity index (χ0v) is 13.5. The van der Waals surface area contributed by atoms with Crippen LogP contribution in [-0.2, 0) is 14.3 Å². The minimum Gasteiger partial charge on any atom is -0.463 e. The van der Waals surface area contributed by atoms with E-state index in [2.05, 4.69) is 4.98 Å². The van der Waals surface area contributed by atoms with Gasteiger partial charge in [0.2, 0.25) is 0 Å². The first-order valence-electron chi connectivity index (χ1n) is 7.07. The Morgan fingerprint density at radius 2 is 1.88 bits per heavy atom. The van der Waals surface area contributed by atoms with Gasteiger partial charge in [-0.3, -0.25) is 0 Å². The Balaban J connectivity index is 3.58. The highest BCUT2D eigenvalue weighted by Gasteiger charge is 2.22. The van der Waals surface area contributed by atoms with Crippen LogP contribution in [-0.4, -0.2) is 30.1 Å². The number of ether oxygens (including phenoxy) is 2. The first-order chi connectivity index (χ1) is 11.4. The average molecular weight is 328 g/mol. The van der Waals surface area contributed by atoms with Crippen LogP contribution in [0.5, 0.6) is 0 Å². The molecule has 24 heavy (non-hydrogen) atoms. The number of rotatable bonds is 5. The zero-order chi connectivity index (χ0) is 18.3. The molecule has 0 amide bonds. The van der Waals surface area contributed by atoms with Crippen molar-refractivity contribution in [3.63, 3.8) is 0 Å². The smallest absolute Gasteiger partial charge is 0.339 e. The van der Waals surface area contributed by atoms with Crippen LogP contribution >= 0.6 is 0 Å². The van der Waals surface area contributed by atoms with Crippen LogP contribution in [0.15, 0.2) is 11.6 Å². The van der Waals surface area contributed by atoms with E-state index in [1.165, 1.54) is 13.0 Å². The quantitative estimate of drug-likeness (QED) is 0.488. The summed E-state index contributed by atoms with van der Waals surface area (Å²) in [6.45, 7) is 4.89. The second-order valence-corrected chi connectivity index (χ2v) is 4.48. The second kappa shape index (κ2) is 8.30. The minimum atomic E-state index is -0.768. The van der Waals surface area contributed by atoms with Gasteiger partial charge in [0.05, 0.1) is 35.6 Å². The molecule has 1 aromatic rings. The molecule has 124 valence electrons. The van der Waals surface area contributed by atoms with Gasteiger partial charge in [-0.25, -0.2) is 14.6 Å². The van der Waals surface area contributed by atoms with Crippen molar-refractivity contribution in [3.8, 4) is 12.1 Å². The summed E-state index contributed by atoms with van der Waals surface area (Å²) >= 11 is 0. The van der Waals surface area contributed by atoms with Gasteiger partial charge in [0.1, 0.15) is 23.5 Å². The Bertz CT molecular complexity index is 784. The first-order valence-corrected chi connectivity index (χ1v) is 7.07. The Kier molecular flexibility index (Phi) is 6.45. The molecule has 0 bridgehead atoms. The van der Waals surface area contributed by atoms with Crippen molar-refractivity contribution in [2.24, 2.45) is 0 Å². The van der Waals surface area contributed by atoms with Crippen LogP contribution in [0.1, 0.15) is 42.4 Å². The molecule has 0 unspecified atom stereocenters. The number of nitrogen functional groups attached to an aromatic ring is 1. The summed E-state index contributed by atoms with van der Waals surface area (Å²) in [6, 6.07) is 4.83. The lowest BCUT2D eigenvalue weighted by Crippen LogP contribution is -2.13. The molecule has 0 fully saturated rings. The summed E-state index contributed by atoms with van der Waals surface area (Å²) in [5, 5.41) is 18.5. The molecule has 1 aromatic heterocycles. The standard InChI is InChI=1S/C16H16N4O4/c1-4-23-15(21)9(3)11(7-17)13-6-10(16(22)24-5-2)12(8-18)14(19)20-13/h6H,4-5H2,1-3H3,(H2,19,20)/b11-9+. The normalized spacial score (nSPS) is 10.9. The third-order valence-electron chi connectivity index (χ3n) is 2.98. The van der Waals surface area contributed by atoms with Gasteiger partial charge in [-0.1, -0.05) is 0 Å². The number of nitriles is 2. The van der Waals surface area contributed by atoms with Crippen molar-refractivity contribution < 1.29 is 19.1 Å². The van der Waals surface area contributed by atoms with Gasteiger partial charge in [0, 0.05) is 0 Å². The second-order valence-electron chi connectivity index (χ2n) is 4.48. The van der Waals surface area contributed by atoms with Crippen LogP contribution in [0.4, 0.5) is 5.82 Å². The van der Waals surface area contributed by atoms with Crippen LogP contribution in [0, 0.1) is 22.7 Å².